The molecule has 0 spiro atoms. The first-order valence-electron chi connectivity index (χ1n) is 5.19. The van der Waals surface area contributed by atoms with Gasteiger partial charge in [0, 0.05) is 5.92 Å². The van der Waals surface area contributed by atoms with Gasteiger partial charge in [0.1, 0.15) is 0 Å². The number of hydrogen-bond acceptors (Lipinski definition) is 0. The van der Waals surface area contributed by atoms with Gasteiger partial charge in [-0.15, -0.1) is 0 Å². The zero-order chi connectivity index (χ0) is 10.5. The second-order valence-corrected chi connectivity index (χ2v) is 3.54. The van der Waals surface area contributed by atoms with Gasteiger partial charge in [-0.25, -0.2) is 0 Å². The van der Waals surface area contributed by atoms with E-state index in [0.717, 1.165) is 0 Å². The van der Waals surface area contributed by atoms with Crippen molar-refractivity contribution < 1.29 is 0 Å². The highest BCUT2D eigenvalue weighted by Crippen LogP contribution is 2.26. The average Bonchev–Trinajstić information content (AvgIpc) is 2.33. The summed E-state index contributed by atoms with van der Waals surface area (Å²) in [5.41, 5.74) is 2.59. The van der Waals surface area contributed by atoms with Gasteiger partial charge in [0.25, 0.3) is 0 Å². The lowest BCUT2D eigenvalue weighted by molar-refractivity contribution is 0.941. The fourth-order valence-corrected chi connectivity index (χ4v) is 1.82. The van der Waals surface area contributed by atoms with Gasteiger partial charge in [0.05, 0.1) is 0 Å². The second-order valence-electron chi connectivity index (χ2n) is 3.54. The van der Waals surface area contributed by atoms with Crippen LogP contribution >= 0.6 is 0 Å². The maximum Gasteiger partial charge on any atom is 0.0155 e. The fraction of sp³-hybridized carbons (Fsp3) is 0.133. The quantitative estimate of drug-likeness (QED) is 0.694. The molecular weight excluding hydrogens is 180 g/mol. The summed E-state index contributed by atoms with van der Waals surface area (Å²) in [6.07, 6.45) is 3.33. The van der Waals surface area contributed by atoms with Gasteiger partial charge in [-0.3, -0.25) is 0 Å². The zero-order valence-electron chi connectivity index (χ0n) is 8.85. The first kappa shape index (κ1) is 9.97. The van der Waals surface area contributed by atoms with Crippen LogP contribution in [0.4, 0.5) is 0 Å². The third-order valence-electron chi connectivity index (χ3n) is 2.55. The van der Waals surface area contributed by atoms with Crippen molar-refractivity contribution in [1.82, 2.24) is 0 Å². The summed E-state index contributed by atoms with van der Waals surface area (Å²) in [5, 5.41) is 0. The minimum Gasteiger partial charge on any atom is -0.0622 e. The van der Waals surface area contributed by atoms with Crippen molar-refractivity contribution >= 4 is 0 Å². The van der Waals surface area contributed by atoms with Gasteiger partial charge < -0.3 is 0 Å². The lowest BCUT2D eigenvalue weighted by Gasteiger charge is -2.14. The number of hydrogen-bond donors (Lipinski definition) is 0. The summed E-state index contributed by atoms with van der Waals surface area (Å²) in [6, 6.07) is 21.0. The predicted octanol–water partition coefficient (Wildman–Crippen LogP) is 3.92. The molecular formula is C15H14. The molecule has 2 aromatic carbocycles. The highest BCUT2D eigenvalue weighted by atomic mass is 14.1. The molecule has 0 fully saturated rings. The molecule has 0 heteroatoms. The molecule has 0 aliphatic carbocycles. The molecule has 2 radical (unpaired) electrons. The molecule has 0 amide bonds. The topological polar surface area (TPSA) is 0 Å². The Bertz CT molecular complexity index is 349. The van der Waals surface area contributed by atoms with Gasteiger partial charge in [0.15, 0.2) is 0 Å². The minimum atomic E-state index is 0.285. The van der Waals surface area contributed by atoms with E-state index in [0.29, 0.717) is 0 Å². The van der Waals surface area contributed by atoms with Gasteiger partial charge >= 0.3 is 0 Å². The molecule has 15 heavy (non-hydrogen) atoms. The van der Waals surface area contributed by atoms with Crippen LogP contribution in [0.25, 0.3) is 0 Å². The van der Waals surface area contributed by atoms with Gasteiger partial charge in [0.2, 0.25) is 0 Å². The standard InChI is InChI=1S/C15H14/c1-2-15(13-9-5-3-6-10-13)14-11-7-4-8-12-14/h3-12,15H,1H3. The second kappa shape index (κ2) is 4.79. The Hall–Kier alpha value is -1.56. The highest BCUT2D eigenvalue weighted by molar-refractivity contribution is 5.34. The largest absolute Gasteiger partial charge is 0.0622 e. The van der Waals surface area contributed by atoms with Gasteiger partial charge in [-0.1, -0.05) is 67.6 Å². The normalized spacial score (nSPS) is 10.5. The molecule has 0 N–H and O–H groups in total. The Morgan fingerprint density at radius 3 is 1.47 bits per heavy atom. The van der Waals surface area contributed by atoms with E-state index in [1.165, 1.54) is 11.1 Å². The van der Waals surface area contributed by atoms with E-state index < -0.39 is 0 Å². The summed E-state index contributed by atoms with van der Waals surface area (Å²) in [6.45, 7) is 1.99. The lowest BCUT2D eigenvalue weighted by Crippen LogP contribution is -1.99. The van der Waals surface area contributed by atoms with Crippen molar-refractivity contribution in [1.29, 1.82) is 0 Å². The van der Waals surface area contributed by atoms with Gasteiger partial charge in [-0.05, 0) is 17.5 Å². The molecule has 74 valence electrons. The Kier molecular flexibility index (Phi) is 3.18. The van der Waals surface area contributed by atoms with E-state index >= 15 is 0 Å². The van der Waals surface area contributed by atoms with Crippen molar-refractivity contribution in [2.24, 2.45) is 0 Å². The summed E-state index contributed by atoms with van der Waals surface area (Å²) in [7, 11) is 0. The Morgan fingerprint density at radius 2 is 1.13 bits per heavy atom. The van der Waals surface area contributed by atoms with Crippen LogP contribution in [-0.2, 0) is 0 Å². The smallest absolute Gasteiger partial charge is 0.0155 e. The SMILES string of the molecule is C[C]C(c1ccccc1)c1ccccc1. The van der Waals surface area contributed by atoms with E-state index in [-0.39, 0.29) is 5.92 Å². The third kappa shape index (κ3) is 2.27. The molecule has 0 nitrogen and oxygen atoms in total. The molecule has 0 unspecified atom stereocenters. The van der Waals surface area contributed by atoms with Crippen LogP contribution in [0.5, 0.6) is 0 Å². The van der Waals surface area contributed by atoms with Crippen LogP contribution in [0.2, 0.25) is 0 Å². The Balaban J connectivity index is 2.34. The van der Waals surface area contributed by atoms with E-state index in [2.05, 4.69) is 55.0 Å². The average molecular weight is 194 g/mol. The monoisotopic (exact) mass is 194 g/mol. The maximum atomic E-state index is 3.33. The van der Waals surface area contributed by atoms with Crippen molar-refractivity contribution in [3.8, 4) is 0 Å². The van der Waals surface area contributed by atoms with E-state index in [4.69, 9.17) is 0 Å². The third-order valence-corrected chi connectivity index (χ3v) is 2.55. The molecule has 0 aliphatic rings. The van der Waals surface area contributed by atoms with Gasteiger partial charge in [-0.2, -0.15) is 0 Å². The molecule has 2 rings (SSSR count). The zero-order valence-corrected chi connectivity index (χ0v) is 8.85. The van der Waals surface area contributed by atoms with Crippen LogP contribution in [0.3, 0.4) is 0 Å². The fourth-order valence-electron chi connectivity index (χ4n) is 1.82. The minimum absolute atomic E-state index is 0.285. The molecule has 0 aliphatic heterocycles. The number of rotatable bonds is 3. The van der Waals surface area contributed by atoms with Crippen molar-refractivity contribution in [2.45, 2.75) is 12.8 Å². The van der Waals surface area contributed by atoms with Crippen molar-refractivity contribution in [3.05, 3.63) is 78.2 Å². The molecule has 0 bridgehead atoms. The highest BCUT2D eigenvalue weighted by Gasteiger charge is 2.10. The van der Waals surface area contributed by atoms with Crippen LogP contribution in [-0.4, -0.2) is 0 Å². The summed E-state index contributed by atoms with van der Waals surface area (Å²) >= 11 is 0. The van der Waals surface area contributed by atoms with E-state index in [1.807, 2.05) is 19.1 Å². The molecule has 0 saturated heterocycles. The first-order valence-corrected chi connectivity index (χ1v) is 5.19. The van der Waals surface area contributed by atoms with E-state index in [9.17, 15) is 0 Å². The molecule has 0 aromatic heterocycles. The van der Waals surface area contributed by atoms with Crippen LogP contribution in [0, 0.1) is 6.42 Å². The molecule has 0 saturated carbocycles. The summed E-state index contributed by atoms with van der Waals surface area (Å²) < 4.78 is 0. The summed E-state index contributed by atoms with van der Waals surface area (Å²) in [5.74, 6) is 0.285. The summed E-state index contributed by atoms with van der Waals surface area (Å²) in [4.78, 5) is 0. The van der Waals surface area contributed by atoms with Crippen molar-refractivity contribution in [3.63, 3.8) is 0 Å². The molecule has 0 heterocycles. The lowest BCUT2D eigenvalue weighted by atomic mass is 9.89. The van der Waals surface area contributed by atoms with Crippen LogP contribution in [0.15, 0.2) is 60.7 Å². The Labute approximate surface area is 91.6 Å². The molecule has 0 atom stereocenters. The first-order chi connectivity index (χ1) is 7.42. The predicted molar refractivity (Wildman–Crippen MR) is 63.6 cm³/mol. The Morgan fingerprint density at radius 1 is 0.733 bits per heavy atom. The van der Waals surface area contributed by atoms with Crippen LogP contribution in [0.1, 0.15) is 24.0 Å². The van der Waals surface area contributed by atoms with Crippen LogP contribution < -0.4 is 0 Å². The van der Waals surface area contributed by atoms with Crippen molar-refractivity contribution in [2.75, 3.05) is 0 Å². The maximum absolute atomic E-state index is 3.33. The molecule has 2 aromatic rings. The van der Waals surface area contributed by atoms with E-state index in [1.54, 1.807) is 0 Å². The number of benzene rings is 2.